The van der Waals surface area contributed by atoms with Gasteiger partial charge in [0.2, 0.25) is 0 Å². The van der Waals surface area contributed by atoms with E-state index in [1.807, 2.05) is 6.92 Å². The maximum atomic E-state index is 14.1. The first-order valence-corrected chi connectivity index (χ1v) is 12.7. The summed E-state index contributed by atoms with van der Waals surface area (Å²) >= 11 is 3.53. The van der Waals surface area contributed by atoms with Gasteiger partial charge in [-0.15, -0.1) is 0 Å². The van der Waals surface area contributed by atoms with Crippen LogP contribution in [-0.4, -0.2) is 42.0 Å². The summed E-state index contributed by atoms with van der Waals surface area (Å²) in [7, 11) is 1.74. The third-order valence-corrected chi connectivity index (χ3v) is 7.72. The van der Waals surface area contributed by atoms with Crippen LogP contribution in [0.5, 0.6) is 11.5 Å². The molecule has 1 saturated heterocycles. The van der Waals surface area contributed by atoms with Crippen LogP contribution in [0, 0.1) is 15.9 Å². The highest BCUT2D eigenvalue weighted by atomic mass is 79.9. The van der Waals surface area contributed by atoms with E-state index < -0.39 is 23.4 Å². The molecule has 5 rings (SSSR count). The Hall–Kier alpha value is -3.50. The second-order valence-electron chi connectivity index (χ2n) is 9.13. The molecule has 3 aromatic rings. The number of halogens is 2. The van der Waals surface area contributed by atoms with Gasteiger partial charge in [0.05, 0.1) is 17.0 Å². The first-order chi connectivity index (χ1) is 17.8. The van der Waals surface area contributed by atoms with Crippen molar-refractivity contribution in [2.24, 2.45) is 0 Å². The van der Waals surface area contributed by atoms with Crippen molar-refractivity contribution in [3.63, 3.8) is 0 Å². The number of fused-ring (bicyclic) bond motifs is 2. The molecule has 192 valence electrons. The lowest BCUT2D eigenvalue weighted by Crippen LogP contribution is -2.54. The number of hydrogen-bond donors (Lipinski definition) is 1. The molecule has 10 heteroatoms. The van der Waals surface area contributed by atoms with Gasteiger partial charge in [-0.3, -0.25) is 19.8 Å². The number of para-hydroxylation sites is 1. The Morgan fingerprint density at radius 1 is 1.19 bits per heavy atom. The molecule has 1 spiro atoms. The molecular weight excluding hydrogens is 545 g/mol. The number of anilines is 1. The average molecular weight is 570 g/mol. The molecule has 3 atom stereocenters. The number of ether oxygens (including phenoxy) is 2. The first-order valence-electron chi connectivity index (χ1n) is 11.9. The second-order valence-corrected chi connectivity index (χ2v) is 9.98. The number of hydrogen-bond acceptors (Lipinski definition) is 6. The minimum absolute atomic E-state index is 0.0194. The Labute approximate surface area is 221 Å². The van der Waals surface area contributed by atoms with Gasteiger partial charge >= 0.3 is 0 Å². The quantitative estimate of drug-likeness (QED) is 0.314. The van der Waals surface area contributed by atoms with Gasteiger partial charge in [0.25, 0.3) is 11.9 Å². The largest absolute Gasteiger partial charge is 0.490 e. The van der Waals surface area contributed by atoms with E-state index in [1.54, 1.807) is 66.5 Å². The minimum Gasteiger partial charge on any atom is -0.490 e. The Morgan fingerprint density at radius 3 is 2.65 bits per heavy atom. The Morgan fingerprint density at radius 2 is 1.92 bits per heavy atom. The Kier molecular flexibility index (Phi) is 6.63. The molecule has 2 heterocycles. The van der Waals surface area contributed by atoms with Crippen molar-refractivity contribution < 1.29 is 23.6 Å². The third-order valence-electron chi connectivity index (χ3n) is 7.13. The summed E-state index contributed by atoms with van der Waals surface area (Å²) in [6.07, 6.45) is 0. The predicted octanol–water partition coefficient (Wildman–Crippen LogP) is 5.09. The smallest absolute Gasteiger partial charge is 0.256 e. The van der Waals surface area contributed by atoms with Crippen LogP contribution >= 0.6 is 15.9 Å². The second kappa shape index (κ2) is 9.75. The van der Waals surface area contributed by atoms with Gasteiger partial charge in [-0.25, -0.2) is 4.39 Å². The van der Waals surface area contributed by atoms with Gasteiger partial charge in [0.1, 0.15) is 12.4 Å². The predicted molar refractivity (Wildman–Crippen MR) is 139 cm³/mol. The molecule has 0 aromatic heterocycles. The number of nitrogens with zero attached hydrogens (tertiary/aromatic N) is 2. The van der Waals surface area contributed by atoms with Gasteiger partial charge in [0, 0.05) is 28.3 Å². The van der Waals surface area contributed by atoms with Crippen molar-refractivity contribution in [3.05, 3.63) is 97.8 Å². The molecule has 2 aliphatic heterocycles. The first kappa shape index (κ1) is 25.2. The minimum atomic E-state index is -1.44. The summed E-state index contributed by atoms with van der Waals surface area (Å²) in [4.78, 5) is 27.4. The molecule has 8 nitrogen and oxygen atoms in total. The summed E-state index contributed by atoms with van der Waals surface area (Å²) < 4.78 is 26.4. The van der Waals surface area contributed by atoms with Crippen LogP contribution in [0.2, 0.25) is 0 Å². The van der Waals surface area contributed by atoms with E-state index in [2.05, 4.69) is 21.2 Å². The SMILES string of the molecule is CCOc1cc([C@@H]2CN(C)[C@@]3(C(=O)Nc4ccccc43)[C@H]2[N+](=O)[O-])cc(Br)c1OCc1ccccc1F. The number of nitro groups is 1. The van der Waals surface area contributed by atoms with Crippen molar-refractivity contribution >= 4 is 27.5 Å². The van der Waals surface area contributed by atoms with Crippen LogP contribution in [0.15, 0.2) is 65.1 Å². The number of likely N-dealkylation sites (N-methyl/N-ethyl adjacent to an activating group) is 1. The van der Waals surface area contributed by atoms with E-state index >= 15 is 0 Å². The van der Waals surface area contributed by atoms with E-state index in [1.165, 1.54) is 6.07 Å². The van der Waals surface area contributed by atoms with Crippen LogP contribution in [0.1, 0.15) is 29.5 Å². The van der Waals surface area contributed by atoms with Crippen LogP contribution in [0.4, 0.5) is 10.1 Å². The van der Waals surface area contributed by atoms with E-state index in [9.17, 15) is 19.3 Å². The number of likely N-dealkylation sites (tertiary alicyclic amines) is 1. The molecular formula is C27H25BrFN3O5. The topological polar surface area (TPSA) is 93.9 Å². The normalized spacial score (nSPS) is 22.6. The highest BCUT2D eigenvalue weighted by molar-refractivity contribution is 9.10. The standard InChI is InChI=1S/C27H25BrFN3O5/c1-3-36-23-13-17(12-20(28)24(23)37-15-16-8-4-6-10-21(16)29)18-14-31(2)27(25(18)32(34)35)19-9-5-7-11-22(19)30-26(27)33/h4-13,18,25H,3,14-15H2,1-2H3,(H,30,33)/t18-,25-,27+/m0/s1. The highest BCUT2D eigenvalue weighted by Crippen LogP contribution is 2.53. The fourth-order valence-corrected chi connectivity index (χ4v) is 6.12. The lowest BCUT2D eigenvalue weighted by molar-refractivity contribution is -0.534. The van der Waals surface area contributed by atoms with Crippen molar-refractivity contribution in [1.29, 1.82) is 0 Å². The monoisotopic (exact) mass is 569 g/mol. The number of rotatable bonds is 7. The van der Waals surface area contributed by atoms with Crippen LogP contribution in [0.3, 0.4) is 0 Å². The zero-order valence-corrected chi connectivity index (χ0v) is 21.8. The molecule has 0 radical (unpaired) electrons. The van der Waals surface area contributed by atoms with Crippen LogP contribution in [0.25, 0.3) is 0 Å². The average Bonchev–Trinajstić information content (AvgIpc) is 3.34. The van der Waals surface area contributed by atoms with Crippen molar-refractivity contribution in [3.8, 4) is 11.5 Å². The fourth-order valence-electron chi connectivity index (χ4n) is 5.55. The maximum absolute atomic E-state index is 14.1. The number of amides is 1. The summed E-state index contributed by atoms with van der Waals surface area (Å²) in [5, 5.41) is 15.4. The Balaban J connectivity index is 1.55. The summed E-state index contributed by atoms with van der Waals surface area (Å²) in [6, 6.07) is 15.7. The molecule has 0 unspecified atom stereocenters. The lowest BCUT2D eigenvalue weighted by atomic mass is 9.79. The van der Waals surface area contributed by atoms with Gasteiger partial charge < -0.3 is 14.8 Å². The molecule has 1 amide bonds. The highest BCUT2D eigenvalue weighted by Gasteiger charge is 2.68. The molecule has 2 aliphatic rings. The zero-order chi connectivity index (χ0) is 26.3. The molecule has 0 bridgehead atoms. The molecule has 1 N–H and O–H groups in total. The lowest BCUT2D eigenvalue weighted by Gasteiger charge is -2.30. The van der Waals surface area contributed by atoms with Crippen molar-refractivity contribution in [2.75, 3.05) is 25.5 Å². The van der Waals surface area contributed by atoms with Gasteiger partial charge in [0.15, 0.2) is 17.0 Å². The summed E-state index contributed by atoms with van der Waals surface area (Å²) in [5.41, 5.74) is 0.764. The van der Waals surface area contributed by atoms with Crippen molar-refractivity contribution in [2.45, 2.75) is 31.0 Å². The zero-order valence-electron chi connectivity index (χ0n) is 20.2. The van der Waals surface area contributed by atoms with Crippen LogP contribution < -0.4 is 14.8 Å². The third kappa shape index (κ3) is 4.04. The summed E-state index contributed by atoms with van der Waals surface area (Å²) in [5.74, 6) is -0.652. The number of carbonyl (C=O) groups excluding carboxylic acids is 1. The van der Waals surface area contributed by atoms with Gasteiger partial charge in [-0.2, -0.15) is 0 Å². The van der Waals surface area contributed by atoms with Gasteiger partial charge in [-0.1, -0.05) is 36.4 Å². The van der Waals surface area contributed by atoms with Crippen LogP contribution in [-0.2, 0) is 16.9 Å². The number of benzene rings is 3. The van der Waals surface area contributed by atoms with Crippen molar-refractivity contribution in [1.82, 2.24) is 4.90 Å². The van der Waals surface area contributed by atoms with E-state index in [0.717, 1.165) is 0 Å². The summed E-state index contributed by atoms with van der Waals surface area (Å²) in [6.45, 7) is 2.41. The number of nitrogens with one attached hydrogen (secondary N) is 1. The number of carbonyl (C=O) groups is 1. The molecule has 0 aliphatic carbocycles. The molecule has 1 fully saturated rings. The van der Waals surface area contributed by atoms with Gasteiger partial charge in [-0.05, 0) is 59.7 Å². The van der Waals surface area contributed by atoms with E-state index in [4.69, 9.17) is 9.47 Å². The van der Waals surface area contributed by atoms with E-state index in [-0.39, 0.29) is 23.9 Å². The molecule has 3 aromatic carbocycles. The Bertz CT molecular complexity index is 1390. The fraction of sp³-hybridized carbons (Fsp3) is 0.296. The molecule has 37 heavy (non-hydrogen) atoms. The maximum Gasteiger partial charge on any atom is 0.256 e. The molecule has 0 saturated carbocycles. The van der Waals surface area contributed by atoms with E-state index in [0.29, 0.717) is 45.0 Å².